The predicted octanol–water partition coefficient (Wildman–Crippen LogP) is 1.07. The lowest BCUT2D eigenvalue weighted by molar-refractivity contribution is 0.0222. The minimum Gasteiger partial charge on any atom is -0.473 e. The summed E-state index contributed by atoms with van der Waals surface area (Å²) >= 11 is 0. The molecular formula is C12H24O5. The molecule has 0 saturated carbocycles. The lowest BCUT2D eigenvalue weighted by atomic mass is 10.7. The van der Waals surface area contributed by atoms with E-state index in [0.29, 0.717) is 26.4 Å². The van der Waals surface area contributed by atoms with Crippen molar-refractivity contribution in [3.8, 4) is 0 Å². The van der Waals surface area contributed by atoms with Crippen LogP contribution in [-0.2, 0) is 14.2 Å². The first kappa shape index (κ1) is 18.5. The molecule has 0 spiro atoms. The summed E-state index contributed by atoms with van der Waals surface area (Å²) in [5, 5.41) is 16.5. The summed E-state index contributed by atoms with van der Waals surface area (Å²) in [5.74, 6) is 0. The molecule has 0 rings (SSSR count). The monoisotopic (exact) mass is 248 g/mol. The standard InChI is InChI=1S/C6H14O4.C6H10O/c7-1-3-9-5-6-10-4-2-8;1-3-5-7-6-4-2/h7-8H,1-6H2;3-6H,1-2H3/b;5-3-,6-4-. The van der Waals surface area contributed by atoms with E-state index >= 15 is 0 Å². The summed E-state index contributed by atoms with van der Waals surface area (Å²) in [5.41, 5.74) is 0. The van der Waals surface area contributed by atoms with Crippen LogP contribution in [0.5, 0.6) is 0 Å². The van der Waals surface area contributed by atoms with Crippen molar-refractivity contribution >= 4 is 0 Å². The van der Waals surface area contributed by atoms with Gasteiger partial charge in [0.1, 0.15) is 0 Å². The number of allylic oxidation sites excluding steroid dienone is 2. The first-order valence-corrected chi connectivity index (χ1v) is 5.58. The van der Waals surface area contributed by atoms with Gasteiger partial charge in [0.15, 0.2) is 0 Å². The Kier molecular flexibility index (Phi) is 22.3. The van der Waals surface area contributed by atoms with E-state index in [1.54, 1.807) is 12.5 Å². The summed E-state index contributed by atoms with van der Waals surface area (Å²) in [4.78, 5) is 0. The molecule has 0 aliphatic rings. The quantitative estimate of drug-likeness (QED) is 0.472. The molecule has 5 heteroatoms. The van der Waals surface area contributed by atoms with Gasteiger partial charge in [-0.1, -0.05) is 12.2 Å². The molecule has 0 fully saturated rings. The van der Waals surface area contributed by atoms with Crippen molar-refractivity contribution in [2.24, 2.45) is 0 Å². The molecule has 0 aromatic carbocycles. The lowest BCUT2D eigenvalue weighted by Gasteiger charge is -2.01. The Labute approximate surface area is 103 Å². The second-order valence-electron chi connectivity index (χ2n) is 2.75. The fourth-order valence-electron chi connectivity index (χ4n) is 0.654. The van der Waals surface area contributed by atoms with E-state index in [0.717, 1.165) is 0 Å². The number of hydrogen-bond donors (Lipinski definition) is 2. The van der Waals surface area contributed by atoms with E-state index in [1.807, 2.05) is 26.0 Å². The largest absolute Gasteiger partial charge is 0.473 e. The highest BCUT2D eigenvalue weighted by atomic mass is 16.5. The van der Waals surface area contributed by atoms with E-state index in [2.05, 4.69) is 0 Å². The zero-order valence-electron chi connectivity index (χ0n) is 10.7. The van der Waals surface area contributed by atoms with E-state index in [1.165, 1.54) is 0 Å². The summed E-state index contributed by atoms with van der Waals surface area (Å²) in [6.45, 7) is 5.54. The molecule has 0 bridgehead atoms. The SMILES string of the molecule is C/C=C\O/C=C\C.OCCOCCOCCO. The predicted molar refractivity (Wildman–Crippen MR) is 66.5 cm³/mol. The van der Waals surface area contributed by atoms with Crippen LogP contribution < -0.4 is 0 Å². The molecule has 17 heavy (non-hydrogen) atoms. The van der Waals surface area contributed by atoms with Crippen LogP contribution >= 0.6 is 0 Å². The van der Waals surface area contributed by atoms with Gasteiger partial charge in [0.25, 0.3) is 0 Å². The highest BCUT2D eigenvalue weighted by Crippen LogP contribution is 1.77. The fraction of sp³-hybridized carbons (Fsp3) is 0.667. The second kappa shape index (κ2) is 20.5. The fourth-order valence-corrected chi connectivity index (χ4v) is 0.654. The molecule has 5 nitrogen and oxygen atoms in total. The smallest absolute Gasteiger partial charge is 0.0858 e. The van der Waals surface area contributed by atoms with Gasteiger partial charge in [-0.25, -0.2) is 0 Å². The van der Waals surface area contributed by atoms with Gasteiger partial charge < -0.3 is 24.4 Å². The van der Waals surface area contributed by atoms with Crippen LogP contribution in [0.2, 0.25) is 0 Å². The van der Waals surface area contributed by atoms with Gasteiger partial charge in [-0.05, 0) is 13.8 Å². The Morgan fingerprint density at radius 1 is 0.765 bits per heavy atom. The second-order valence-corrected chi connectivity index (χ2v) is 2.75. The molecule has 0 saturated heterocycles. The minimum atomic E-state index is 0.0417. The van der Waals surface area contributed by atoms with Crippen LogP contribution in [0.3, 0.4) is 0 Å². The summed E-state index contributed by atoms with van der Waals surface area (Å²) < 4.78 is 14.5. The van der Waals surface area contributed by atoms with Crippen molar-refractivity contribution < 1.29 is 24.4 Å². The molecule has 0 amide bonds. The average Bonchev–Trinajstić information content (AvgIpc) is 2.35. The van der Waals surface area contributed by atoms with Crippen molar-refractivity contribution in [3.63, 3.8) is 0 Å². The molecule has 0 unspecified atom stereocenters. The van der Waals surface area contributed by atoms with Crippen molar-refractivity contribution in [1.29, 1.82) is 0 Å². The molecule has 0 atom stereocenters. The summed E-state index contributed by atoms with van der Waals surface area (Å²) in [7, 11) is 0. The molecular weight excluding hydrogens is 224 g/mol. The van der Waals surface area contributed by atoms with Crippen LogP contribution in [0.25, 0.3) is 0 Å². The van der Waals surface area contributed by atoms with E-state index in [4.69, 9.17) is 24.4 Å². The Hall–Kier alpha value is -0.880. The van der Waals surface area contributed by atoms with Gasteiger partial charge in [-0.2, -0.15) is 0 Å². The maximum Gasteiger partial charge on any atom is 0.0858 e. The first-order chi connectivity index (χ1) is 8.33. The molecule has 0 aliphatic carbocycles. The molecule has 2 N–H and O–H groups in total. The van der Waals surface area contributed by atoms with Crippen molar-refractivity contribution in [2.45, 2.75) is 13.8 Å². The zero-order valence-corrected chi connectivity index (χ0v) is 10.7. The minimum absolute atomic E-state index is 0.0417. The number of aliphatic hydroxyl groups is 2. The maximum atomic E-state index is 8.26. The van der Waals surface area contributed by atoms with E-state index in [9.17, 15) is 0 Å². The number of aliphatic hydroxyl groups excluding tert-OH is 2. The summed E-state index contributed by atoms with van der Waals surface area (Å²) in [6, 6.07) is 0. The average molecular weight is 248 g/mol. The van der Waals surface area contributed by atoms with Gasteiger partial charge in [0.2, 0.25) is 0 Å². The molecule has 0 heterocycles. The molecule has 0 aromatic rings. The molecule has 102 valence electrons. The maximum absolute atomic E-state index is 8.26. The zero-order chi connectivity index (χ0) is 13.2. The first-order valence-electron chi connectivity index (χ1n) is 5.58. The van der Waals surface area contributed by atoms with Crippen LogP contribution in [-0.4, -0.2) is 49.9 Å². The van der Waals surface area contributed by atoms with E-state index in [-0.39, 0.29) is 13.2 Å². The van der Waals surface area contributed by atoms with Gasteiger partial charge >= 0.3 is 0 Å². The van der Waals surface area contributed by atoms with E-state index < -0.39 is 0 Å². The molecule has 0 radical (unpaired) electrons. The van der Waals surface area contributed by atoms with Gasteiger partial charge in [-0.3, -0.25) is 0 Å². The van der Waals surface area contributed by atoms with Crippen LogP contribution in [0.1, 0.15) is 13.8 Å². The van der Waals surface area contributed by atoms with Crippen molar-refractivity contribution in [2.75, 3.05) is 39.6 Å². The van der Waals surface area contributed by atoms with Gasteiger partial charge in [0.05, 0.1) is 52.2 Å². The number of ether oxygens (including phenoxy) is 3. The third-order valence-electron chi connectivity index (χ3n) is 1.27. The Morgan fingerprint density at radius 2 is 1.18 bits per heavy atom. The topological polar surface area (TPSA) is 68.2 Å². The third kappa shape index (κ3) is 25.4. The van der Waals surface area contributed by atoms with Crippen LogP contribution in [0, 0.1) is 0 Å². The Bertz CT molecular complexity index is 150. The van der Waals surface area contributed by atoms with Crippen LogP contribution in [0.4, 0.5) is 0 Å². The van der Waals surface area contributed by atoms with Crippen LogP contribution in [0.15, 0.2) is 24.7 Å². The van der Waals surface area contributed by atoms with Crippen molar-refractivity contribution in [1.82, 2.24) is 0 Å². The van der Waals surface area contributed by atoms with Gasteiger partial charge in [-0.15, -0.1) is 0 Å². The number of rotatable bonds is 9. The molecule has 0 aromatic heterocycles. The number of hydrogen-bond acceptors (Lipinski definition) is 5. The Balaban J connectivity index is 0. The highest BCUT2D eigenvalue weighted by Gasteiger charge is 1.86. The van der Waals surface area contributed by atoms with Gasteiger partial charge in [0, 0.05) is 0 Å². The lowest BCUT2D eigenvalue weighted by Crippen LogP contribution is -2.09. The summed E-state index contributed by atoms with van der Waals surface area (Å²) in [6.07, 6.45) is 6.92. The Morgan fingerprint density at radius 3 is 1.47 bits per heavy atom. The normalized spacial score (nSPS) is 10.6. The third-order valence-corrected chi connectivity index (χ3v) is 1.27. The highest BCUT2D eigenvalue weighted by molar-refractivity contribution is 4.73. The molecule has 0 aliphatic heterocycles. The van der Waals surface area contributed by atoms with Crippen molar-refractivity contribution in [3.05, 3.63) is 24.7 Å².